The van der Waals surface area contributed by atoms with Crippen LogP contribution in [-0.2, 0) is 4.79 Å². The van der Waals surface area contributed by atoms with Crippen LogP contribution in [0.25, 0.3) is 0 Å². The summed E-state index contributed by atoms with van der Waals surface area (Å²) in [4.78, 5) is 11.5. The first-order valence-corrected chi connectivity index (χ1v) is 6.87. The van der Waals surface area contributed by atoms with Gasteiger partial charge in [-0.05, 0) is 51.2 Å². The van der Waals surface area contributed by atoms with Crippen LogP contribution in [-0.4, -0.2) is 39.3 Å². The number of hydrogen-bond acceptors (Lipinski definition) is 4. The van der Waals surface area contributed by atoms with E-state index in [1.54, 1.807) is 7.11 Å². The zero-order chi connectivity index (χ0) is 14.8. The maximum atomic E-state index is 11.5. The number of amides is 1. The maximum absolute atomic E-state index is 11.5. The molecule has 112 valence electrons. The van der Waals surface area contributed by atoms with Gasteiger partial charge < -0.3 is 20.1 Å². The monoisotopic (exact) mass is 280 g/mol. The molecule has 0 heterocycles. The van der Waals surface area contributed by atoms with Gasteiger partial charge in [0.1, 0.15) is 17.6 Å². The largest absolute Gasteiger partial charge is 0.497 e. The van der Waals surface area contributed by atoms with Gasteiger partial charge in [-0.25, -0.2) is 0 Å². The number of carbonyl (C=O) groups is 1. The van der Waals surface area contributed by atoms with Crippen LogP contribution in [0.15, 0.2) is 24.3 Å². The van der Waals surface area contributed by atoms with Gasteiger partial charge in [0.2, 0.25) is 5.91 Å². The van der Waals surface area contributed by atoms with Crippen LogP contribution in [0.4, 0.5) is 0 Å². The summed E-state index contributed by atoms with van der Waals surface area (Å²) in [5.74, 6) is 1.62. The minimum atomic E-state index is -0.0726. The van der Waals surface area contributed by atoms with Crippen molar-refractivity contribution in [3.05, 3.63) is 24.3 Å². The molecular weight excluding hydrogens is 256 g/mol. The highest BCUT2D eigenvalue weighted by Crippen LogP contribution is 2.17. The van der Waals surface area contributed by atoms with E-state index in [2.05, 4.69) is 10.6 Å². The highest BCUT2D eigenvalue weighted by Gasteiger charge is 2.07. The lowest BCUT2D eigenvalue weighted by atomic mass is 10.3. The van der Waals surface area contributed by atoms with Gasteiger partial charge in [0.05, 0.1) is 13.7 Å². The first-order chi connectivity index (χ1) is 9.65. The fourth-order valence-corrected chi connectivity index (χ4v) is 1.70. The Morgan fingerprint density at radius 2 is 1.90 bits per heavy atom. The predicted molar refractivity (Wildman–Crippen MR) is 79.3 cm³/mol. The van der Waals surface area contributed by atoms with E-state index in [0.717, 1.165) is 24.5 Å². The summed E-state index contributed by atoms with van der Waals surface area (Å²) in [5, 5.41) is 5.88. The second-order valence-corrected chi connectivity index (χ2v) is 4.62. The quantitative estimate of drug-likeness (QED) is 0.674. The SMILES string of the molecule is CNCCCC(=O)NCC(C)Oc1ccc(OC)cc1. The summed E-state index contributed by atoms with van der Waals surface area (Å²) < 4.78 is 10.8. The van der Waals surface area contributed by atoms with Gasteiger partial charge in [0.25, 0.3) is 0 Å². The number of hydrogen-bond donors (Lipinski definition) is 2. The number of ether oxygens (including phenoxy) is 2. The zero-order valence-corrected chi connectivity index (χ0v) is 12.4. The van der Waals surface area contributed by atoms with Crippen LogP contribution in [0, 0.1) is 0 Å². The molecule has 0 bridgehead atoms. The Bertz CT molecular complexity index is 393. The second kappa shape index (κ2) is 9.20. The second-order valence-electron chi connectivity index (χ2n) is 4.62. The molecule has 0 radical (unpaired) electrons. The standard InChI is InChI=1S/C15H24N2O3/c1-12(11-17-15(18)5-4-10-16-2)20-14-8-6-13(19-3)7-9-14/h6-9,12,16H,4-5,10-11H2,1-3H3,(H,17,18). The van der Waals surface area contributed by atoms with Crippen molar-refractivity contribution < 1.29 is 14.3 Å². The number of benzene rings is 1. The van der Waals surface area contributed by atoms with Crippen molar-refractivity contribution in [2.45, 2.75) is 25.9 Å². The van der Waals surface area contributed by atoms with E-state index in [-0.39, 0.29) is 12.0 Å². The summed E-state index contributed by atoms with van der Waals surface area (Å²) in [6.07, 6.45) is 1.31. The van der Waals surface area contributed by atoms with E-state index < -0.39 is 0 Å². The Kier molecular flexibility index (Phi) is 7.50. The molecule has 0 aliphatic carbocycles. The Balaban J connectivity index is 2.25. The Labute approximate surface area is 120 Å². The van der Waals surface area contributed by atoms with Crippen molar-refractivity contribution in [1.82, 2.24) is 10.6 Å². The van der Waals surface area contributed by atoms with Crippen molar-refractivity contribution in [2.24, 2.45) is 0 Å². The number of rotatable bonds is 9. The average Bonchev–Trinajstić information content (AvgIpc) is 2.46. The first-order valence-electron chi connectivity index (χ1n) is 6.87. The fourth-order valence-electron chi connectivity index (χ4n) is 1.70. The van der Waals surface area contributed by atoms with Gasteiger partial charge in [-0.15, -0.1) is 0 Å². The van der Waals surface area contributed by atoms with Crippen molar-refractivity contribution in [2.75, 3.05) is 27.2 Å². The van der Waals surface area contributed by atoms with Gasteiger partial charge >= 0.3 is 0 Å². The molecule has 0 spiro atoms. The topological polar surface area (TPSA) is 59.6 Å². The van der Waals surface area contributed by atoms with Crippen LogP contribution >= 0.6 is 0 Å². The van der Waals surface area contributed by atoms with Crippen molar-refractivity contribution in [1.29, 1.82) is 0 Å². The molecule has 0 aromatic heterocycles. The molecule has 0 aliphatic rings. The van der Waals surface area contributed by atoms with Gasteiger partial charge in [0, 0.05) is 6.42 Å². The zero-order valence-electron chi connectivity index (χ0n) is 12.4. The van der Waals surface area contributed by atoms with E-state index in [1.165, 1.54) is 0 Å². The number of carbonyl (C=O) groups excluding carboxylic acids is 1. The molecule has 0 aliphatic heterocycles. The Hall–Kier alpha value is -1.75. The predicted octanol–water partition coefficient (Wildman–Crippen LogP) is 1.58. The molecule has 1 rings (SSSR count). The molecule has 1 amide bonds. The van der Waals surface area contributed by atoms with Crippen LogP contribution < -0.4 is 20.1 Å². The molecule has 2 N–H and O–H groups in total. The molecule has 1 atom stereocenters. The third-order valence-corrected chi connectivity index (χ3v) is 2.81. The summed E-state index contributed by atoms with van der Waals surface area (Å²) in [5.41, 5.74) is 0. The van der Waals surface area contributed by atoms with E-state index in [4.69, 9.17) is 9.47 Å². The molecule has 1 unspecified atom stereocenters. The summed E-state index contributed by atoms with van der Waals surface area (Å²) in [7, 11) is 3.50. The van der Waals surface area contributed by atoms with E-state index in [1.807, 2.05) is 38.2 Å². The number of nitrogens with one attached hydrogen (secondary N) is 2. The van der Waals surface area contributed by atoms with Gasteiger partial charge in [-0.1, -0.05) is 0 Å². The molecule has 1 aromatic rings. The molecule has 0 fully saturated rings. The molecule has 1 aromatic carbocycles. The minimum Gasteiger partial charge on any atom is -0.497 e. The highest BCUT2D eigenvalue weighted by atomic mass is 16.5. The summed E-state index contributed by atoms with van der Waals surface area (Å²) in [6, 6.07) is 7.39. The fraction of sp³-hybridized carbons (Fsp3) is 0.533. The molecule has 0 saturated heterocycles. The molecule has 5 nitrogen and oxygen atoms in total. The molecule has 0 saturated carbocycles. The smallest absolute Gasteiger partial charge is 0.220 e. The van der Waals surface area contributed by atoms with Crippen LogP contribution in [0.5, 0.6) is 11.5 Å². The van der Waals surface area contributed by atoms with Crippen LogP contribution in [0.3, 0.4) is 0 Å². The van der Waals surface area contributed by atoms with Gasteiger partial charge in [-0.2, -0.15) is 0 Å². The lowest BCUT2D eigenvalue weighted by molar-refractivity contribution is -0.121. The lowest BCUT2D eigenvalue weighted by Gasteiger charge is -2.15. The molecular formula is C15H24N2O3. The van der Waals surface area contributed by atoms with Crippen molar-refractivity contribution in [3.8, 4) is 11.5 Å². The molecule has 20 heavy (non-hydrogen) atoms. The Morgan fingerprint density at radius 3 is 2.50 bits per heavy atom. The van der Waals surface area contributed by atoms with Gasteiger partial charge in [0.15, 0.2) is 0 Å². The third kappa shape index (κ3) is 6.43. The minimum absolute atomic E-state index is 0.0606. The Morgan fingerprint density at radius 1 is 1.25 bits per heavy atom. The van der Waals surface area contributed by atoms with Gasteiger partial charge in [-0.3, -0.25) is 4.79 Å². The lowest BCUT2D eigenvalue weighted by Crippen LogP contribution is -2.33. The normalized spacial score (nSPS) is 11.8. The van der Waals surface area contributed by atoms with Crippen LogP contribution in [0.2, 0.25) is 0 Å². The van der Waals surface area contributed by atoms with E-state index >= 15 is 0 Å². The van der Waals surface area contributed by atoms with Crippen LogP contribution in [0.1, 0.15) is 19.8 Å². The maximum Gasteiger partial charge on any atom is 0.220 e. The summed E-state index contributed by atoms with van der Waals surface area (Å²) in [6.45, 7) is 3.29. The van der Waals surface area contributed by atoms with Crippen molar-refractivity contribution in [3.63, 3.8) is 0 Å². The first kappa shape index (κ1) is 16.3. The van der Waals surface area contributed by atoms with Crippen molar-refractivity contribution >= 4 is 5.91 Å². The number of methoxy groups -OCH3 is 1. The van der Waals surface area contributed by atoms with E-state index in [0.29, 0.717) is 13.0 Å². The molecule has 5 heteroatoms. The summed E-state index contributed by atoms with van der Waals surface area (Å²) >= 11 is 0. The average molecular weight is 280 g/mol. The highest BCUT2D eigenvalue weighted by molar-refractivity contribution is 5.75. The third-order valence-electron chi connectivity index (χ3n) is 2.81. The van der Waals surface area contributed by atoms with E-state index in [9.17, 15) is 4.79 Å².